The summed E-state index contributed by atoms with van der Waals surface area (Å²) < 4.78 is 3.87. The summed E-state index contributed by atoms with van der Waals surface area (Å²) in [6.45, 7) is 4.82. The summed E-state index contributed by atoms with van der Waals surface area (Å²) in [4.78, 5) is 4.40. The van der Waals surface area contributed by atoms with Gasteiger partial charge in [0.05, 0.1) is 35.0 Å². The molecule has 0 aliphatic rings. The number of hydrogen-bond donors (Lipinski definition) is 1. The van der Waals surface area contributed by atoms with Gasteiger partial charge in [0.25, 0.3) is 0 Å². The Balaban J connectivity index is 2.13. The van der Waals surface area contributed by atoms with Crippen molar-refractivity contribution in [2.24, 2.45) is 12.8 Å². The highest BCUT2D eigenvalue weighted by Crippen LogP contribution is 2.21. The lowest BCUT2D eigenvalue weighted by Gasteiger charge is -2.05. The number of hydrogen-bond acceptors (Lipinski definition) is 3. The zero-order valence-corrected chi connectivity index (χ0v) is 13.1. The Morgan fingerprint density at radius 2 is 2.15 bits per heavy atom. The van der Waals surface area contributed by atoms with Gasteiger partial charge in [-0.05, 0) is 12.8 Å². The molecule has 2 aromatic heterocycles. The minimum Gasteiger partial charge on any atom is -0.331 e. The van der Waals surface area contributed by atoms with Crippen LogP contribution in [0, 0.1) is 0 Å². The lowest BCUT2D eigenvalue weighted by molar-refractivity contribution is 0.636. The summed E-state index contributed by atoms with van der Waals surface area (Å²) in [6, 6.07) is 0.172. The Morgan fingerprint density at radius 1 is 1.40 bits per heavy atom. The van der Waals surface area contributed by atoms with Crippen molar-refractivity contribution in [1.29, 1.82) is 0 Å². The summed E-state index contributed by atoms with van der Waals surface area (Å²) in [5, 5.41) is 5.18. The van der Waals surface area contributed by atoms with E-state index in [0.717, 1.165) is 41.4 Å². The van der Waals surface area contributed by atoms with Gasteiger partial charge in [-0.2, -0.15) is 5.10 Å². The molecule has 0 saturated carbocycles. The maximum absolute atomic E-state index is 6.36. The van der Waals surface area contributed by atoms with Crippen LogP contribution in [0.3, 0.4) is 0 Å². The van der Waals surface area contributed by atoms with E-state index in [9.17, 15) is 0 Å². The SMILES string of the molecule is CCc1nn(C)c(Cn2cnc(CC(N)CC)c2)c1Cl. The molecule has 20 heavy (non-hydrogen) atoms. The van der Waals surface area contributed by atoms with E-state index >= 15 is 0 Å². The van der Waals surface area contributed by atoms with E-state index in [4.69, 9.17) is 17.3 Å². The van der Waals surface area contributed by atoms with Crippen molar-refractivity contribution < 1.29 is 0 Å². The minimum absolute atomic E-state index is 0.172. The molecule has 0 saturated heterocycles. The maximum Gasteiger partial charge on any atom is 0.0953 e. The number of imidazole rings is 1. The first kappa shape index (κ1) is 15.1. The minimum atomic E-state index is 0.172. The van der Waals surface area contributed by atoms with Gasteiger partial charge in [0.15, 0.2) is 0 Å². The Morgan fingerprint density at radius 3 is 2.75 bits per heavy atom. The molecule has 0 amide bonds. The van der Waals surface area contributed by atoms with Crippen molar-refractivity contribution in [2.45, 2.75) is 45.7 Å². The zero-order valence-electron chi connectivity index (χ0n) is 12.3. The summed E-state index contributed by atoms with van der Waals surface area (Å²) in [7, 11) is 1.92. The molecule has 110 valence electrons. The Hall–Kier alpha value is -1.33. The number of halogens is 1. The van der Waals surface area contributed by atoms with Gasteiger partial charge in [-0.1, -0.05) is 25.4 Å². The molecular formula is C14H22ClN5. The van der Waals surface area contributed by atoms with E-state index in [1.807, 2.05) is 28.8 Å². The van der Waals surface area contributed by atoms with E-state index < -0.39 is 0 Å². The predicted octanol–water partition coefficient (Wildman–Crippen LogP) is 2.16. The van der Waals surface area contributed by atoms with Gasteiger partial charge in [-0.25, -0.2) is 4.98 Å². The van der Waals surface area contributed by atoms with Crippen molar-refractivity contribution >= 4 is 11.6 Å². The van der Waals surface area contributed by atoms with Crippen LogP contribution < -0.4 is 5.73 Å². The van der Waals surface area contributed by atoms with Crippen LogP contribution in [0.4, 0.5) is 0 Å². The van der Waals surface area contributed by atoms with E-state index in [-0.39, 0.29) is 6.04 Å². The second kappa shape index (κ2) is 6.41. The summed E-state index contributed by atoms with van der Waals surface area (Å²) >= 11 is 6.36. The van der Waals surface area contributed by atoms with Crippen LogP contribution >= 0.6 is 11.6 Å². The molecule has 1 atom stereocenters. The molecule has 6 heteroatoms. The fourth-order valence-electron chi connectivity index (χ4n) is 2.18. The molecule has 2 N–H and O–H groups in total. The third kappa shape index (κ3) is 3.22. The molecule has 0 aliphatic carbocycles. The van der Waals surface area contributed by atoms with Crippen LogP contribution in [-0.2, 0) is 26.4 Å². The largest absolute Gasteiger partial charge is 0.331 e. The molecule has 2 heterocycles. The molecule has 0 aromatic carbocycles. The highest BCUT2D eigenvalue weighted by Gasteiger charge is 2.13. The van der Waals surface area contributed by atoms with Gasteiger partial charge in [0.2, 0.25) is 0 Å². The average Bonchev–Trinajstić information content (AvgIpc) is 2.98. The number of aryl methyl sites for hydroxylation is 2. The lowest BCUT2D eigenvalue weighted by atomic mass is 10.1. The van der Waals surface area contributed by atoms with E-state index in [1.54, 1.807) is 0 Å². The van der Waals surface area contributed by atoms with Crippen LogP contribution in [0.5, 0.6) is 0 Å². The predicted molar refractivity (Wildman–Crippen MR) is 80.9 cm³/mol. The normalized spacial score (nSPS) is 12.8. The fraction of sp³-hybridized carbons (Fsp3) is 0.571. The van der Waals surface area contributed by atoms with Crippen molar-refractivity contribution in [2.75, 3.05) is 0 Å². The number of rotatable bonds is 6. The van der Waals surface area contributed by atoms with Crippen LogP contribution in [0.15, 0.2) is 12.5 Å². The highest BCUT2D eigenvalue weighted by atomic mass is 35.5. The summed E-state index contributed by atoms with van der Waals surface area (Å²) in [5.74, 6) is 0. The molecule has 0 spiro atoms. The van der Waals surface area contributed by atoms with Gasteiger partial charge in [0, 0.05) is 25.7 Å². The third-order valence-corrected chi connectivity index (χ3v) is 3.95. The Kier molecular flexibility index (Phi) is 4.83. The smallest absolute Gasteiger partial charge is 0.0953 e. The first-order chi connectivity index (χ1) is 9.55. The van der Waals surface area contributed by atoms with Gasteiger partial charge in [0.1, 0.15) is 0 Å². The topological polar surface area (TPSA) is 61.7 Å². The van der Waals surface area contributed by atoms with Crippen LogP contribution in [-0.4, -0.2) is 25.4 Å². The van der Waals surface area contributed by atoms with Gasteiger partial charge in [-0.3, -0.25) is 4.68 Å². The molecule has 5 nitrogen and oxygen atoms in total. The van der Waals surface area contributed by atoms with E-state index in [2.05, 4.69) is 23.9 Å². The molecule has 0 bridgehead atoms. The van der Waals surface area contributed by atoms with Crippen molar-refractivity contribution in [3.8, 4) is 0 Å². The second-order valence-corrected chi connectivity index (χ2v) is 5.47. The molecular weight excluding hydrogens is 274 g/mol. The molecule has 0 radical (unpaired) electrons. The number of aromatic nitrogens is 4. The van der Waals surface area contributed by atoms with Gasteiger partial charge < -0.3 is 10.3 Å². The first-order valence-electron chi connectivity index (χ1n) is 7.01. The number of nitrogens with two attached hydrogens (primary N) is 1. The lowest BCUT2D eigenvalue weighted by Crippen LogP contribution is -2.21. The summed E-state index contributed by atoms with van der Waals surface area (Å²) in [5.41, 5.74) is 8.92. The quantitative estimate of drug-likeness (QED) is 0.888. The Labute approximate surface area is 124 Å². The third-order valence-electron chi connectivity index (χ3n) is 3.52. The molecule has 2 aromatic rings. The fourth-order valence-corrected chi connectivity index (χ4v) is 2.53. The van der Waals surface area contributed by atoms with Crippen molar-refractivity contribution in [3.63, 3.8) is 0 Å². The summed E-state index contributed by atoms with van der Waals surface area (Å²) in [6.07, 6.45) is 6.47. The monoisotopic (exact) mass is 295 g/mol. The standard InChI is InChI=1S/C14H22ClN5/c1-4-10(16)6-11-7-20(9-17-11)8-13-14(15)12(5-2)18-19(13)3/h7,9-10H,4-6,8,16H2,1-3H3. The van der Waals surface area contributed by atoms with Crippen molar-refractivity contribution in [1.82, 2.24) is 19.3 Å². The number of nitrogens with zero attached hydrogens (tertiary/aromatic N) is 4. The average molecular weight is 296 g/mol. The molecule has 1 unspecified atom stereocenters. The van der Waals surface area contributed by atoms with Crippen LogP contribution in [0.25, 0.3) is 0 Å². The van der Waals surface area contributed by atoms with Crippen LogP contribution in [0.1, 0.15) is 37.4 Å². The van der Waals surface area contributed by atoms with Gasteiger partial charge in [-0.15, -0.1) is 0 Å². The molecule has 0 fully saturated rings. The van der Waals surface area contributed by atoms with E-state index in [1.165, 1.54) is 0 Å². The van der Waals surface area contributed by atoms with Crippen molar-refractivity contribution in [3.05, 3.63) is 34.6 Å². The maximum atomic E-state index is 6.36. The van der Waals surface area contributed by atoms with E-state index in [0.29, 0.717) is 6.54 Å². The second-order valence-electron chi connectivity index (χ2n) is 5.09. The molecule has 2 rings (SSSR count). The Bertz CT molecular complexity index is 572. The highest BCUT2D eigenvalue weighted by molar-refractivity contribution is 6.31. The van der Waals surface area contributed by atoms with Crippen LogP contribution in [0.2, 0.25) is 5.02 Å². The molecule has 0 aliphatic heterocycles. The van der Waals surface area contributed by atoms with Gasteiger partial charge >= 0.3 is 0 Å². The zero-order chi connectivity index (χ0) is 14.7. The first-order valence-corrected chi connectivity index (χ1v) is 7.39.